The SMILES string of the molecule is c1ccc(-c2cc(-n3c4ccc(-c5cccc6ccccc56)cc4c4cc5c6ccc(-c7ccc8ccccc8c7)cc6c6ccccc6c5cc43)cc(-c3ccccc3)n2)cc1. The lowest BCUT2D eigenvalue weighted by Crippen LogP contribution is -1.98. The lowest BCUT2D eigenvalue weighted by atomic mass is 9.90. The molecule has 2 heterocycles. The van der Waals surface area contributed by atoms with Crippen LogP contribution >= 0.6 is 0 Å². The summed E-state index contributed by atoms with van der Waals surface area (Å²) in [5.74, 6) is 0. The van der Waals surface area contributed by atoms with Gasteiger partial charge >= 0.3 is 0 Å². The molecule has 2 heteroatoms. The molecule has 13 rings (SSSR count). The van der Waals surface area contributed by atoms with Gasteiger partial charge < -0.3 is 4.57 Å². The van der Waals surface area contributed by atoms with Gasteiger partial charge in [-0.05, 0) is 125 Å². The first-order chi connectivity index (χ1) is 31.2. The first-order valence-corrected chi connectivity index (χ1v) is 21.7. The second-order valence-corrected chi connectivity index (χ2v) is 16.7. The molecule has 0 unspecified atom stereocenters. The summed E-state index contributed by atoms with van der Waals surface area (Å²) in [6.45, 7) is 0. The third kappa shape index (κ3) is 5.76. The Morgan fingerprint density at radius 1 is 0.254 bits per heavy atom. The second-order valence-electron chi connectivity index (χ2n) is 16.7. The fraction of sp³-hybridized carbons (Fsp3) is 0. The Bertz CT molecular complexity index is 3890. The Morgan fingerprint density at radius 3 is 1.52 bits per heavy atom. The highest BCUT2D eigenvalue weighted by Crippen LogP contribution is 2.44. The number of rotatable bonds is 5. The predicted octanol–water partition coefficient (Wildman–Crippen LogP) is 16.6. The molecule has 0 saturated heterocycles. The highest BCUT2D eigenvalue weighted by molar-refractivity contribution is 6.29. The van der Waals surface area contributed by atoms with E-state index < -0.39 is 0 Å². The van der Waals surface area contributed by atoms with Crippen molar-refractivity contribution in [2.75, 3.05) is 0 Å². The molecule has 0 spiro atoms. The molecule has 11 aromatic carbocycles. The van der Waals surface area contributed by atoms with Crippen molar-refractivity contribution in [3.05, 3.63) is 231 Å². The Kier molecular flexibility index (Phi) is 7.94. The third-order valence-corrected chi connectivity index (χ3v) is 13.1. The zero-order valence-corrected chi connectivity index (χ0v) is 34.3. The molecule has 0 aliphatic heterocycles. The van der Waals surface area contributed by atoms with Crippen LogP contribution in [0.5, 0.6) is 0 Å². The Morgan fingerprint density at radius 2 is 0.778 bits per heavy atom. The van der Waals surface area contributed by atoms with Crippen LogP contribution in [0.15, 0.2) is 231 Å². The van der Waals surface area contributed by atoms with Crippen molar-refractivity contribution in [1.29, 1.82) is 0 Å². The van der Waals surface area contributed by atoms with Crippen molar-refractivity contribution in [3.63, 3.8) is 0 Å². The summed E-state index contributed by atoms with van der Waals surface area (Å²) in [5.41, 5.74) is 12.3. The molecule has 0 N–H and O–H groups in total. The number of benzene rings is 11. The molecule has 2 aromatic heterocycles. The molecular weight excluding hydrogens is 761 g/mol. The summed E-state index contributed by atoms with van der Waals surface area (Å²) in [5, 5.41) is 14.9. The van der Waals surface area contributed by atoms with E-state index >= 15 is 0 Å². The normalized spacial score (nSPS) is 11.8. The first-order valence-electron chi connectivity index (χ1n) is 21.7. The van der Waals surface area contributed by atoms with Crippen molar-refractivity contribution in [2.45, 2.75) is 0 Å². The molecule has 0 saturated carbocycles. The van der Waals surface area contributed by atoms with Crippen molar-refractivity contribution < 1.29 is 0 Å². The van der Waals surface area contributed by atoms with Gasteiger partial charge in [-0.1, -0.05) is 182 Å². The summed E-state index contributed by atoms with van der Waals surface area (Å²) < 4.78 is 2.47. The average Bonchev–Trinajstić information content (AvgIpc) is 3.68. The summed E-state index contributed by atoms with van der Waals surface area (Å²) >= 11 is 0. The molecule has 292 valence electrons. The molecule has 0 bridgehead atoms. The first kappa shape index (κ1) is 35.4. The Labute approximate surface area is 364 Å². The van der Waals surface area contributed by atoms with Crippen molar-refractivity contribution in [2.24, 2.45) is 0 Å². The van der Waals surface area contributed by atoms with Crippen molar-refractivity contribution >= 4 is 75.7 Å². The van der Waals surface area contributed by atoms with E-state index in [4.69, 9.17) is 4.98 Å². The van der Waals surface area contributed by atoms with E-state index in [2.05, 4.69) is 235 Å². The summed E-state index contributed by atoms with van der Waals surface area (Å²) in [6, 6.07) is 84.3. The molecule has 0 atom stereocenters. The van der Waals surface area contributed by atoms with Crippen LogP contribution in [0.1, 0.15) is 0 Å². The van der Waals surface area contributed by atoms with Crippen LogP contribution < -0.4 is 0 Å². The summed E-state index contributed by atoms with van der Waals surface area (Å²) in [6.07, 6.45) is 0. The number of hydrogen-bond acceptors (Lipinski definition) is 1. The van der Waals surface area contributed by atoms with E-state index in [0.29, 0.717) is 0 Å². The number of aromatic nitrogens is 2. The van der Waals surface area contributed by atoms with Gasteiger partial charge in [-0.2, -0.15) is 0 Å². The Balaban J connectivity index is 1.13. The van der Waals surface area contributed by atoms with Crippen LogP contribution in [0.3, 0.4) is 0 Å². The van der Waals surface area contributed by atoms with Crippen LogP contribution in [0.4, 0.5) is 0 Å². The van der Waals surface area contributed by atoms with Crippen LogP contribution in [-0.2, 0) is 0 Å². The smallest absolute Gasteiger partial charge is 0.0730 e. The Hall–Kier alpha value is -8.33. The van der Waals surface area contributed by atoms with Gasteiger partial charge in [0.1, 0.15) is 0 Å². The number of fused-ring (bicyclic) bond motifs is 11. The predicted molar refractivity (Wildman–Crippen MR) is 268 cm³/mol. The van der Waals surface area contributed by atoms with Crippen LogP contribution in [0, 0.1) is 0 Å². The minimum absolute atomic E-state index is 0.939. The van der Waals surface area contributed by atoms with Crippen molar-refractivity contribution in [1.82, 2.24) is 9.55 Å². The van der Waals surface area contributed by atoms with E-state index in [1.54, 1.807) is 0 Å². The maximum absolute atomic E-state index is 5.28. The van der Waals surface area contributed by atoms with E-state index in [9.17, 15) is 0 Å². The zero-order valence-electron chi connectivity index (χ0n) is 34.3. The van der Waals surface area contributed by atoms with Gasteiger partial charge in [0.05, 0.1) is 28.1 Å². The summed E-state index contributed by atoms with van der Waals surface area (Å²) in [7, 11) is 0. The van der Waals surface area contributed by atoms with Gasteiger partial charge in [-0.25, -0.2) is 4.98 Å². The molecule has 13 aromatic rings. The van der Waals surface area contributed by atoms with Gasteiger partial charge in [-0.15, -0.1) is 0 Å². The minimum atomic E-state index is 0.939. The van der Waals surface area contributed by atoms with Gasteiger partial charge in [0.2, 0.25) is 0 Å². The maximum Gasteiger partial charge on any atom is 0.0730 e. The lowest BCUT2D eigenvalue weighted by molar-refractivity contribution is 1.16. The quantitative estimate of drug-likeness (QED) is 0.159. The van der Waals surface area contributed by atoms with Gasteiger partial charge in [0, 0.05) is 21.9 Å². The third-order valence-electron chi connectivity index (χ3n) is 13.1. The van der Waals surface area contributed by atoms with Crippen molar-refractivity contribution in [3.8, 4) is 50.5 Å². The summed E-state index contributed by atoms with van der Waals surface area (Å²) in [4.78, 5) is 5.28. The molecule has 0 fully saturated rings. The number of nitrogens with zero attached hydrogens (tertiary/aromatic N) is 2. The van der Waals surface area contributed by atoms with Gasteiger partial charge in [-0.3, -0.25) is 0 Å². The maximum atomic E-state index is 5.28. The highest BCUT2D eigenvalue weighted by atomic mass is 15.0. The fourth-order valence-corrected chi connectivity index (χ4v) is 10.1. The van der Waals surface area contributed by atoms with E-state index in [0.717, 1.165) is 39.2 Å². The molecule has 0 aliphatic rings. The molecule has 0 radical (unpaired) electrons. The molecule has 63 heavy (non-hydrogen) atoms. The number of pyridine rings is 1. The lowest BCUT2D eigenvalue weighted by Gasteiger charge is -2.15. The molecule has 0 amide bonds. The monoisotopic (exact) mass is 798 g/mol. The fourth-order valence-electron chi connectivity index (χ4n) is 10.1. The van der Waals surface area contributed by atoms with E-state index in [1.807, 2.05) is 0 Å². The number of hydrogen-bond donors (Lipinski definition) is 0. The average molecular weight is 799 g/mol. The molecule has 0 aliphatic carbocycles. The van der Waals surface area contributed by atoms with E-state index in [1.165, 1.54) is 86.9 Å². The highest BCUT2D eigenvalue weighted by Gasteiger charge is 2.20. The largest absolute Gasteiger partial charge is 0.309 e. The van der Waals surface area contributed by atoms with Crippen LogP contribution in [0.2, 0.25) is 0 Å². The zero-order chi connectivity index (χ0) is 41.4. The van der Waals surface area contributed by atoms with Gasteiger partial charge in [0.15, 0.2) is 0 Å². The van der Waals surface area contributed by atoms with E-state index in [-0.39, 0.29) is 0 Å². The topological polar surface area (TPSA) is 17.8 Å². The molecular formula is C61H38N2. The molecule has 2 nitrogen and oxygen atoms in total. The minimum Gasteiger partial charge on any atom is -0.309 e. The van der Waals surface area contributed by atoms with Crippen LogP contribution in [0.25, 0.3) is 126 Å². The van der Waals surface area contributed by atoms with Crippen LogP contribution in [-0.4, -0.2) is 9.55 Å². The standard InChI is InChI=1S/C61H38N2/c1-3-16-41(17-4-1)58-35-47(36-59(62-58)42-18-5-2-6-19-42)63-60-31-29-46(49-25-13-21-40-15-9-10-22-48(40)49)34-56(60)57-37-54-52-30-28-45(44-27-26-39-14-7-8-20-43(39)32-44)33-53(52)50-23-11-12-24-51(50)55(54)38-61(57)63/h1-38H. The van der Waals surface area contributed by atoms with Gasteiger partial charge in [0.25, 0.3) is 0 Å². The second kappa shape index (κ2) is 14.1.